The Kier molecular flexibility index (Phi) is 6.38. The predicted octanol–water partition coefficient (Wildman–Crippen LogP) is 3.47. The minimum Gasteiger partial charge on any atom is -0.508 e. The summed E-state index contributed by atoms with van der Waals surface area (Å²) in [6.45, 7) is 3.93. The van der Waals surface area contributed by atoms with Crippen molar-refractivity contribution in [1.82, 2.24) is 9.80 Å². The summed E-state index contributed by atoms with van der Waals surface area (Å²) in [6, 6.07) is 9.01. The molecule has 1 N–H and O–H groups in total. The van der Waals surface area contributed by atoms with Gasteiger partial charge in [-0.15, -0.1) is 0 Å². The largest absolute Gasteiger partial charge is 0.508 e. The van der Waals surface area contributed by atoms with Gasteiger partial charge in [0.05, 0.1) is 0 Å². The van der Waals surface area contributed by atoms with Crippen LogP contribution in [-0.2, 0) is 0 Å². The van der Waals surface area contributed by atoms with Crippen LogP contribution in [0.15, 0.2) is 30.3 Å². The fourth-order valence-corrected chi connectivity index (χ4v) is 2.80. The van der Waals surface area contributed by atoms with E-state index in [9.17, 15) is 4.79 Å². The number of para-hydroxylation sites is 1. The van der Waals surface area contributed by atoms with Gasteiger partial charge < -0.3 is 14.9 Å². The Balaban J connectivity index is 0.000000194. The van der Waals surface area contributed by atoms with Crippen molar-refractivity contribution in [2.75, 3.05) is 26.2 Å². The summed E-state index contributed by atoms with van der Waals surface area (Å²) in [4.78, 5) is 16.1. The first-order chi connectivity index (χ1) is 10.3. The van der Waals surface area contributed by atoms with Gasteiger partial charge in [-0.3, -0.25) is 0 Å². The van der Waals surface area contributed by atoms with E-state index in [0.717, 1.165) is 26.2 Å². The average molecular weight is 290 g/mol. The molecule has 2 aliphatic heterocycles. The maximum absolute atomic E-state index is 12.0. The predicted molar refractivity (Wildman–Crippen MR) is 84.4 cm³/mol. The number of urea groups is 1. The summed E-state index contributed by atoms with van der Waals surface area (Å²) in [5, 5.41) is 8.63. The van der Waals surface area contributed by atoms with Gasteiger partial charge in [0.25, 0.3) is 0 Å². The average Bonchev–Trinajstić information content (AvgIpc) is 2.57. The van der Waals surface area contributed by atoms with Crippen LogP contribution < -0.4 is 0 Å². The highest BCUT2D eigenvalue weighted by atomic mass is 16.3. The first kappa shape index (κ1) is 15.7. The van der Waals surface area contributed by atoms with Crippen LogP contribution in [0.4, 0.5) is 4.79 Å². The first-order valence-electron chi connectivity index (χ1n) is 8.05. The molecule has 0 radical (unpaired) electrons. The molecule has 2 amide bonds. The van der Waals surface area contributed by atoms with Crippen LogP contribution >= 0.6 is 0 Å². The highest BCUT2D eigenvalue weighted by Gasteiger charge is 2.23. The molecule has 116 valence electrons. The molecule has 4 nitrogen and oxygen atoms in total. The van der Waals surface area contributed by atoms with E-state index in [4.69, 9.17) is 5.11 Å². The van der Waals surface area contributed by atoms with Gasteiger partial charge in [-0.25, -0.2) is 4.79 Å². The number of nitrogens with zero attached hydrogens (tertiary/aromatic N) is 2. The van der Waals surface area contributed by atoms with Crippen molar-refractivity contribution in [3.05, 3.63) is 30.3 Å². The second-order valence-electron chi connectivity index (χ2n) is 5.71. The molecule has 3 rings (SSSR count). The van der Waals surface area contributed by atoms with Gasteiger partial charge in [0.1, 0.15) is 5.75 Å². The zero-order chi connectivity index (χ0) is 14.9. The summed E-state index contributed by atoms with van der Waals surface area (Å²) in [5.41, 5.74) is 0. The number of benzene rings is 1. The highest BCUT2D eigenvalue weighted by molar-refractivity contribution is 5.74. The summed E-state index contributed by atoms with van der Waals surface area (Å²) >= 11 is 0. The molecule has 0 spiro atoms. The Bertz CT molecular complexity index is 390. The van der Waals surface area contributed by atoms with Gasteiger partial charge in [0.2, 0.25) is 0 Å². The molecule has 0 unspecified atom stereocenters. The lowest BCUT2D eigenvalue weighted by atomic mass is 10.1. The summed E-state index contributed by atoms with van der Waals surface area (Å²) in [6.07, 6.45) is 7.37. The van der Waals surface area contributed by atoms with Crippen LogP contribution in [0.25, 0.3) is 0 Å². The number of carbonyl (C=O) groups excluding carboxylic acids is 1. The third-order valence-electron chi connectivity index (χ3n) is 4.01. The number of phenols is 1. The third kappa shape index (κ3) is 5.29. The van der Waals surface area contributed by atoms with Gasteiger partial charge in [0.15, 0.2) is 0 Å². The van der Waals surface area contributed by atoms with Crippen molar-refractivity contribution in [3.63, 3.8) is 0 Å². The van der Waals surface area contributed by atoms with Gasteiger partial charge in [-0.2, -0.15) is 0 Å². The SMILES string of the molecule is O=C(N1CCCCC1)N1CCCCC1.Oc1ccccc1. The lowest BCUT2D eigenvalue weighted by molar-refractivity contribution is 0.135. The number of phenolic OH excluding ortho intramolecular Hbond substituents is 1. The number of amides is 2. The number of carbonyl (C=O) groups is 1. The molecule has 1 aromatic carbocycles. The molecule has 4 heteroatoms. The van der Waals surface area contributed by atoms with Gasteiger partial charge in [-0.05, 0) is 50.7 Å². The van der Waals surface area contributed by atoms with E-state index in [1.807, 2.05) is 15.9 Å². The molecule has 1 aromatic rings. The standard InChI is InChI=1S/C11H20N2O.C6H6O/c14-11(12-7-3-1-4-8-12)13-9-5-2-6-10-13;7-6-4-2-1-3-5-6/h1-10H2;1-5,7H. The molecular weight excluding hydrogens is 264 g/mol. The van der Waals surface area contributed by atoms with Crippen LogP contribution in [-0.4, -0.2) is 47.1 Å². The molecule has 21 heavy (non-hydrogen) atoms. The highest BCUT2D eigenvalue weighted by Crippen LogP contribution is 2.15. The Labute approximate surface area is 127 Å². The number of hydrogen-bond acceptors (Lipinski definition) is 2. The quantitative estimate of drug-likeness (QED) is 0.795. The Morgan fingerprint density at radius 2 is 1.19 bits per heavy atom. The van der Waals surface area contributed by atoms with Gasteiger partial charge >= 0.3 is 6.03 Å². The van der Waals surface area contributed by atoms with Crippen LogP contribution in [0.3, 0.4) is 0 Å². The summed E-state index contributed by atoms with van der Waals surface area (Å²) in [5.74, 6) is 0.322. The number of likely N-dealkylation sites (tertiary alicyclic amines) is 2. The molecule has 0 aliphatic carbocycles. The number of piperidine rings is 2. The van der Waals surface area contributed by atoms with Crippen LogP contribution in [0.5, 0.6) is 5.75 Å². The van der Waals surface area contributed by atoms with E-state index in [1.54, 1.807) is 24.3 Å². The molecule has 0 aromatic heterocycles. The number of rotatable bonds is 0. The number of aromatic hydroxyl groups is 1. The van der Waals surface area contributed by atoms with Crippen molar-refractivity contribution in [2.45, 2.75) is 38.5 Å². The van der Waals surface area contributed by atoms with Crippen LogP contribution in [0.2, 0.25) is 0 Å². The second-order valence-corrected chi connectivity index (χ2v) is 5.71. The van der Waals surface area contributed by atoms with E-state index in [2.05, 4.69) is 0 Å². The fourth-order valence-electron chi connectivity index (χ4n) is 2.80. The van der Waals surface area contributed by atoms with E-state index in [1.165, 1.54) is 38.5 Å². The Hall–Kier alpha value is -1.71. The smallest absolute Gasteiger partial charge is 0.319 e. The molecule has 0 bridgehead atoms. The Morgan fingerprint density at radius 1 is 0.762 bits per heavy atom. The lowest BCUT2D eigenvalue weighted by Gasteiger charge is -2.34. The summed E-state index contributed by atoms with van der Waals surface area (Å²) < 4.78 is 0. The molecule has 2 saturated heterocycles. The van der Waals surface area contributed by atoms with Crippen LogP contribution in [0, 0.1) is 0 Å². The zero-order valence-electron chi connectivity index (χ0n) is 12.7. The molecule has 2 aliphatic rings. The first-order valence-corrected chi connectivity index (χ1v) is 8.05. The minimum absolute atomic E-state index is 0.296. The van der Waals surface area contributed by atoms with Gasteiger partial charge in [-0.1, -0.05) is 18.2 Å². The Morgan fingerprint density at radius 3 is 1.52 bits per heavy atom. The molecule has 2 heterocycles. The van der Waals surface area contributed by atoms with Crippen LogP contribution in [0.1, 0.15) is 38.5 Å². The van der Waals surface area contributed by atoms with Crippen molar-refractivity contribution < 1.29 is 9.90 Å². The maximum atomic E-state index is 12.0. The van der Waals surface area contributed by atoms with Crippen molar-refractivity contribution in [2.24, 2.45) is 0 Å². The monoisotopic (exact) mass is 290 g/mol. The minimum atomic E-state index is 0.296. The van der Waals surface area contributed by atoms with Crippen molar-refractivity contribution in [1.29, 1.82) is 0 Å². The van der Waals surface area contributed by atoms with Crippen molar-refractivity contribution in [3.8, 4) is 5.75 Å². The topological polar surface area (TPSA) is 43.8 Å². The van der Waals surface area contributed by atoms with Crippen molar-refractivity contribution >= 4 is 6.03 Å². The molecular formula is C17H26N2O2. The van der Waals surface area contributed by atoms with E-state index in [0.29, 0.717) is 11.8 Å². The maximum Gasteiger partial charge on any atom is 0.319 e. The lowest BCUT2D eigenvalue weighted by Crippen LogP contribution is -2.47. The van der Waals surface area contributed by atoms with E-state index >= 15 is 0 Å². The third-order valence-corrected chi connectivity index (χ3v) is 4.01. The normalized spacial score (nSPS) is 18.7. The van der Waals surface area contributed by atoms with Gasteiger partial charge in [0, 0.05) is 26.2 Å². The second kappa shape index (κ2) is 8.55. The molecule has 0 saturated carbocycles. The van der Waals surface area contributed by atoms with E-state index in [-0.39, 0.29) is 0 Å². The van der Waals surface area contributed by atoms with E-state index < -0.39 is 0 Å². The zero-order valence-corrected chi connectivity index (χ0v) is 12.7. The molecule has 0 atom stereocenters. The number of hydrogen-bond donors (Lipinski definition) is 1. The summed E-state index contributed by atoms with van der Waals surface area (Å²) in [7, 11) is 0. The molecule has 2 fully saturated rings. The fraction of sp³-hybridized carbons (Fsp3) is 0.588.